The first-order valence-corrected chi connectivity index (χ1v) is 12.8. The van der Waals surface area contributed by atoms with E-state index in [4.69, 9.17) is 9.16 Å². The maximum absolute atomic E-state index is 12.4. The van der Waals surface area contributed by atoms with Crippen molar-refractivity contribution in [1.82, 2.24) is 0 Å². The van der Waals surface area contributed by atoms with Crippen molar-refractivity contribution < 1.29 is 14.0 Å². The van der Waals surface area contributed by atoms with Crippen LogP contribution in [0.1, 0.15) is 47.0 Å². The molecule has 1 fully saturated rings. The van der Waals surface area contributed by atoms with Crippen molar-refractivity contribution in [1.29, 1.82) is 0 Å². The van der Waals surface area contributed by atoms with Crippen molar-refractivity contribution in [3.05, 3.63) is 73.3 Å². The maximum Gasteiger partial charge on any atom is 0.309 e. The molecule has 160 valence electrons. The van der Waals surface area contributed by atoms with Crippen LogP contribution in [0.2, 0.25) is 5.04 Å². The standard InChI is InChI=1S/C26H34O3Si/c1-6-14-20-19-24(28-25(20)27)23(7-2)29-30(26(3,4)5,21-15-10-8-11-16-21)22-17-12-9-13-18-22/h6,8-13,15-18,20,23-24H,1,7,14,19H2,2-5H3/t20-,23+,24+/m1/s1. The van der Waals surface area contributed by atoms with Crippen LogP contribution in [-0.2, 0) is 14.0 Å². The predicted octanol–water partition coefficient (Wildman–Crippen LogP) is 4.85. The van der Waals surface area contributed by atoms with Crippen molar-refractivity contribution >= 4 is 24.7 Å². The molecule has 1 saturated heterocycles. The van der Waals surface area contributed by atoms with E-state index in [-0.39, 0.29) is 29.1 Å². The molecule has 4 heteroatoms. The van der Waals surface area contributed by atoms with Gasteiger partial charge in [0.1, 0.15) is 6.10 Å². The van der Waals surface area contributed by atoms with Crippen LogP contribution in [0, 0.1) is 5.92 Å². The zero-order chi connectivity index (χ0) is 21.8. The molecular weight excluding hydrogens is 388 g/mol. The Balaban J connectivity index is 2.06. The van der Waals surface area contributed by atoms with Crippen LogP contribution in [0.15, 0.2) is 73.3 Å². The number of benzene rings is 2. The highest BCUT2D eigenvalue weighted by Gasteiger charge is 2.53. The topological polar surface area (TPSA) is 35.5 Å². The second-order valence-electron chi connectivity index (χ2n) is 9.16. The SMILES string of the molecule is C=CC[C@@H]1C[C@@H]([C@H](CC)O[Si](c2ccccc2)(c2ccccc2)C(C)(C)C)OC1=O. The molecule has 1 heterocycles. The van der Waals surface area contributed by atoms with Crippen molar-refractivity contribution in [3.8, 4) is 0 Å². The fourth-order valence-electron chi connectivity index (χ4n) is 4.63. The molecule has 0 bridgehead atoms. The largest absolute Gasteiger partial charge is 0.459 e. The fourth-order valence-corrected chi connectivity index (χ4v) is 9.42. The van der Waals surface area contributed by atoms with E-state index in [0.29, 0.717) is 12.8 Å². The lowest BCUT2D eigenvalue weighted by atomic mass is 9.98. The number of esters is 1. The molecule has 0 saturated carbocycles. The summed E-state index contributed by atoms with van der Waals surface area (Å²) in [7, 11) is -2.67. The van der Waals surface area contributed by atoms with Crippen LogP contribution < -0.4 is 10.4 Å². The first-order chi connectivity index (χ1) is 14.3. The fraction of sp³-hybridized carbons (Fsp3) is 0.423. The van der Waals surface area contributed by atoms with Crippen molar-refractivity contribution in [2.45, 2.75) is 64.2 Å². The summed E-state index contributed by atoms with van der Waals surface area (Å²) >= 11 is 0. The summed E-state index contributed by atoms with van der Waals surface area (Å²) < 4.78 is 13.0. The van der Waals surface area contributed by atoms with Crippen molar-refractivity contribution in [2.24, 2.45) is 5.92 Å². The summed E-state index contributed by atoms with van der Waals surface area (Å²) in [5.41, 5.74) is 0. The van der Waals surface area contributed by atoms with Crippen molar-refractivity contribution in [3.63, 3.8) is 0 Å². The zero-order valence-corrected chi connectivity index (χ0v) is 19.6. The van der Waals surface area contributed by atoms with Gasteiger partial charge < -0.3 is 9.16 Å². The van der Waals surface area contributed by atoms with E-state index in [9.17, 15) is 4.79 Å². The van der Waals surface area contributed by atoms with Crippen LogP contribution in [0.5, 0.6) is 0 Å². The minimum Gasteiger partial charge on any atom is -0.459 e. The summed E-state index contributed by atoms with van der Waals surface area (Å²) in [5.74, 6) is -0.228. The molecule has 0 radical (unpaired) electrons. The Morgan fingerprint density at radius 1 is 1.10 bits per heavy atom. The molecular formula is C26H34O3Si. The highest BCUT2D eigenvalue weighted by Crippen LogP contribution is 2.39. The maximum atomic E-state index is 12.4. The molecule has 3 rings (SSSR count). The average molecular weight is 423 g/mol. The van der Waals surface area contributed by atoms with Crippen LogP contribution in [0.25, 0.3) is 0 Å². The van der Waals surface area contributed by atoms with Crippen molar-refractivity contribution in [2.75, 3.05) is 0 Å². The van der Waals surface area contributed by atoms with E-state index in [2.05, 4.69) is 82.8 Å². The van der Waals surface area contributed by atoms with Crippen LogP contribution in [0.3, 0.4) is 0 Å². The van der Waals surface area contributed by atoms with Gasteiger partial charge in [-0.3, -0.25) is 4.79 Å². The minimum absolute atomic E-state index is 0.105. The number of rotatable bonds is 8. The van der Waals surface area contributed by atoms with Gasteiger partial charge in [-0.05, 0) is 28.3 Å². The molecule has 0 aromatic heterocycles. The Bertz CT molecular complexity index is 802. The quantitative estimate of drug-likeness (QED) is 0.347. The third-order valence-corrected chi connectivity index (χ3v) is 11.2. The molecule has 2 aromatic carbocycles. The summed E-state index contributed by atoms with van der Waals surface area (Å²) in [6.45, 7) is 12.7. The molecule has 0 amide bonds. The van der Waals surface area contributed by atoms with Gasteiger partial charge in [0.15, 0.2) is 0 Å². The number of carbonyl (C=O) groups excluding carboxylic acids is 1. The normalized spacial score (nSPS) is 20.6. The van der Waals surface area contributed by atoms with E-state index >= 15 is 0 Å². The van der Waals surface area contributed by atoms with E-state index in [0.717, 1.165) is 6.42 Å². The minimum atomic E-state index is -2.67. The van der Waals surface area contributed by atoms with Gasteiger partial charge in [0, 0.05) is 6.42 Å². The average Bonchev–Trinajstić information content (AvgIpc) is 3.10. The molecule has 30 heavy (non-hydrogen) atoms. The van der Waals surface area contributed by atoms with Gasteiger partial charge >= 0.3 is 5.97 Å². The molecule has 3 atom stereocenters. The Morgan fingerprint density at radius 2 is 1.63 bits per heavy atom. The Labute approximate surface area is 182 Å². The lowest BCUT2D eigenvalue weighted by molar-refractivity contribution is -0.147. The predicted molar refractivity (Wildman–Crippen MR) is 126 cm³/mol. The van der Waals surface area contributed by atoms with Crippen LogP contribution >= 0.6 is 0 Å². The third-order valence-electron chi connectivity index (χ3n) is 6.13. The summed E-state index contributed by atoms with van der Waals surface area (Å²) in [6, 6.07) is 21.2. The Hall–Kier alpha value is -2.17. The number of hydrogen-bond acceptors (Lipinski definition) is 3. The third kappa shape index (κ3) is 4.30. The van der Waals surface area contributed by atoms with E-state index in [1.54, 1.807) is 6.08 Å². The van der Waals surface area contributed by atoms with Gasteiger partial charge in [-0.2, -0.15) is 0 Å². The first-order valence-electron chi connectivity index (χ1n) is 10.9. The molecule has 0 unspecified atom stereocenters. The zero-order valence-electron chi connectivity index (χ0n) is 18.6. The van der Waals surface area contributed by atoms with Gasteiger partial charge in [-0.25, -0.2) is 0 Å². The lowest BCUT2D eigenvalue weighted by Crippen LogP contribution is -2.68. The summed E-state index contributed by atoms with van der Waals surface area (Å²) in [5, 5.41) is 2.38. The molecule has 2 aromatic rings. The molecule has 0 spiro atoms. The van der Waals surface area contributed by atoms with Gasteiger partial charge in [0.2, 0.25) is 0 Å². The molecule has 0 aliphatic carbocycles. The molecule has 3 nitrogen and oxygen atoms in total. The second kappa shape index (κ2) is 9.32. The van der Waals surface area contributed by atoms with Gasteiger partial charge in [-0.15, -0.1) is 6.58 Å². The van der Waals surface area contributed by atoms with Gasteiger partial charge in [0.25, 0.3) is 8.32 Å². The Kier molecular flexibility index (Phi) is 6.99. The summed E-state index contributed by atoms with van der Waals surface area (Å²) in [4.78, 5) is 12.4. The molecule has 0 N–H and O–H groups in total. The lowest BCUT2D eigenvalue weighted by Gasteiger charge is -2.45. The monoisotopic (exact) mass is 422 g/mol. The smallest absolute Gasteiger partial charge is 0.309 e. The van der Waals surface area contributed by atoms with Crippen LogP contribution in [0.4, 0.5) is 0 Å². The number of carbonyl (C=O) groups is 1. The van der Waals surface area contributed by atoms with Gasteiger partial charge in [0.05, 0.1) is 12.0 Å². The number of ether oxygens (including phenoxy) is 1. The molecule has 1 aliphatic rings. The second-order valence-corrected chi connectivity index (χ2v) is 13.4. The Morgan fingerprint density at radius 3 is 2.07 bits per heavy atom. The van der Waals surface area contributed by atoms with E-state index in [1.807, 2.05) is 12.1 Å². The number of cyclic esters (lactones) is 1. The molecule has 1 aliphatic heterocycles. The van der Waals surface area contributed by atoms with Crippen LogP contribution in [-0.4, -0.2) is 26.5 Å². The highest BCUT2D eigenvalue weighted by atomic mass is 28.4. The van der Waals surface area contributed by atoms with E-state index in [1.165, 1.54) is 10.4 Å². The summed E-state index contributed by atoms with van der Waals surface area (Å²) in [6.07, 6.45) is 3.60. The first kappa shape index (κ1) is 22.5. The highest BCUT2D eigenvalue weighted by molar-refractivity contribution is 6.99. The van der Waals surface area contributed by atoms with E-state index < -0.39 is 8.32 Å². The number of allylic oxidation sites excluding steroid dienone is 1. The number of hydrogen-bond donors (Lipinski definition) is 0. The van der Waals surface area contributed by atoms with Gasteiger partial charge in [-0.1, -0.05) is 94.4 Å².